The van der Waals surface area contributed by atoms with E-state index < -0.39 is 12.0 Å². The van der Waals surface area contributed by atoms with Crippen molar-refractivity contribution in [2.24, 2.45) is 11.8 Å². The van der Waals surface area contributed by atoms with Gasteiger partial charge in [-0.05, 0) is 44.4 Å². The number of nitrogens with one attached hydrogen (secondary N) is 1. The lowest BCUT2D eigenvalue weighted by Gasteiger charge is -2.31. The van der Waals surface area contributed by atoms with Gasteiger partial charge in [0.05, 0.1) is 6.04 Å². The summed E-state index contributed by atoms with van der Waals surface area (Å²) in [4.78, 5) is 35.4. The number of ketones is 1. The topological polar surface area (TPSA) is 81.7 Å². The fourth-order valence-corrected chi connectivity index (χ4v) is 3.26. The van der Waals surface area contributed by atoms with Crippen LogP contribution in [-0.4, -0.2) is 43.0 Å². The second-order valence-corrected chi connectivity index (χ2v) is 7.60. The first kappa shape index (κ1) is 22.6. The van der Waals surface area contributed by atoms with Crippen molar-refractivity contribution >= 4 is 17.7 Å². The first-order valence-corrected chi connectivity index (χ1v) is 9.90. The summed E-state index contributed by atoms with van der Waals surface area (Å²) in [6.07, 6.45) is 6.39. The molecule has 1 fully saturated rings. The Balaban J connectivity index is 2.23. The number of amides is 1. The smallest absolute Gasteiger partial charge is 0.332 e. The van der Waals surface area contributed by atoms with Gasteiger partial charge < -0.3 is 14.8 Å². The zero-order valence-electron chi connectivity index (χ0n) is 16.7. The maximum atomic E-state index is 11.9. The lowest BCUT2D eigenvalue weighted by molar-refractivity contribution is -0.157. The van der Waals surface area contributed by atoms with Crippen LogP contribution in [0.3, 0.4) is 0 Å². The van der Waals surface area contributed by atoms with Crippen LogP contribution in [0.4, 0.5) is 0 Å². The molecule has 0 spiro atoms. The van der Waals surface area contributed by atoms with Crippen LogP contribution in [-0.2, 0) is 23.9 Å². The number of carbonyl (C=O) groups excluding carboxylic acids is 3. The molecule has 0 bridgehead atoms. The molecule has 0 aromatic heterocycles. The molecule has 0 aromatic carbocycles. The Hall–Kier alpha value is -1.43. The van der Waals surface area contributed by atoms with Crippen LogP contribution in [0.5, 0.6) is 0 Å². The monoisotopic (exact) mass is 369 g/mol. The second kappa shape index (κ2) is 12.0. The average molecular weight is 370 g/mol. The number of ether oxygens (including phenoxy) is 2. The van der Waals surface area contributed by atoms with Crippen molar-refractivity contribution < 1.29 is 23.9 Å². The molecule has 0 radical (unpaired) electrons. The van der Waals surface area contributed by atoms with Crippen molar-refractivity contribution in [1.82, 2.24) is 5.32 Å². The van der Waals surface area contributed by atoms with Crippen LogP contribution in [0.25, 0.3) is 0 Å². The molecular weight excluding hydrogens is 334 g/mol. The standard InChI is InChI=1S/C20H35NO5/c1-5-6-7-8-18(16(4)22)21-19(23)12-25-13-20(24)26-17-10-9-14(2)15(3)11-17/h14-15,17-18H,5-13H2,1-4H3,(H,21,23)/t14-,15-,17-,18?/m1/s1. The maximum absolute atomic E-state index is 11.9. The highest BCUT2D eigenvalue weighted by atomic mass is 16.6. The molecule has 1 aliphatic carbocycles. The van der Waals surface area contributed by atoms with Gasteiger partial charge >= 0.3 is 5.97 Å². The number of carbonyl (C=O) groups is 3. The van der Waals surface area contributed by atoms with Crippen LogP contribution >= 0.6 is 0 Å². The van der Waals surface area contributed by atoms with Crippen LogP contribution in [0, 0.1) is 11.8 Å². The molecule has 6 heteroatoms. The van der Waals surface area contributed by atoms with E-state index in [0.29, 0.717) is 18.3 Å². The summed E-state index contributed by atoms with van der Waals surface area (Å²) in [7, 11) is 0. The van der Waals surface area contributed by atoms with Crippen molar-refractivity contribution in [1.29, 1.82) is 0 Å². The molecule has 150 valence electrons. The van der Waals surface area contributed by atoms with Gasteiger partial charge in [0.1, 0.15) is 19.3 Å². The highest BCUT2D eigenvalue weighted by Gasteiger charge is 2.27. The summed E-state index contributed by atoms with van der Waals surface area (Å²) < 4.78 is 10.6. The molecule has 1 rings (SSSR count). The third kappa shape index (κ3) is 8.79. The quantitative estimate of drug-likeness (QED) is 0.447. The second-order valence-electron chi connectivity index (χ2n) is 7.60. The fourth-order valence-electron chi connectivity index (χ4n) is 3.26. The van der Waals surface area contributed by atoms with Crippen molar-refractivity contribution in [3.05, 3.63) is 0 Å². The van der Waals surface area contributed by atoms with Crippen molar-refractivity contribution in [3.8, 4) is 0 Å². The van der Waals surface area contributed by atoms with Crippen LogP contribution in [0.15, 0.2) is 0 Å². The van der Waals surface area contributed by atoms with Gasteiger partial charge in [0, 0.05) is 0 Å². The van der Waals surface area contributed by atoms with Gasteiger partial charge in [0.15, 0.2) is 5.78 Å². The van der Waals surface area contributed by atoms with Crippen LogP contribution < -0.4 is 5.32 Å². The summed E-state index contributed by atoms with van der Waals surface area (Å²) in [5.74, 6) is 0.334. The van der Waals surface area contributed by atoms with Crippen LogP contribution in [0.1, 0.15) is 72.6 Å². The highest BCUT2D eigenvalue weighted by Crippen LogP contribution is 2.30. The van der Waals surface area contributed by atoms with E-state index in [1.54, 1.807) is 0 Å². The first-order chi connectivity index (χ1) is 12.3. The Labute approximate surface area is 157 Å². The molecule has 1 N–H and O–H groups in total. The molecule has 6 nitrogen and oxygen atoms in total. The van der Waals surface area contributed by atoms with Gasteiger partial charge in [-0.15, -0.1) is 0 Å². The molecule has 4 atom stereocenters. The van der Waals surface area contributed by atoms with Gasteiger partial charge in [-0.25, -0.2) is 4.79 Å². The number of unbranched alkanes of at least 4 members (excludes halogenated alkanes) is 2. The minimum absolute atomic E-state index is 0.0493. The predicted molar refractivity (Wildman–Crippen MR) is 99.6 cm³/mol. The summed E-state index contributed by atoms with van der Waals surface area (Å²) in [6.45, 7) is 7.47. The van der Waals surface area contributed by atoms with Crippen molar-refractivity contribution in [2.45, 2.75) is 84.8 Å². The van der Waals surface area contributed by atoms with E-state index in [2.05, 4.69) is 26.1 Å². The Kier molecular flexibility index (Phi) is 10.5. The van der Waals surface area contributed by atoms with Gasteiger partial charge in [0.25, 0.3) is 0 Å². The number of Topliss-reactive ketones (excluding diaryl/α,β-unsaturated/α-hetero) is 1. The normalized spacial score (nSPS) is 23.9. The fraction of sp³-hybridized carbons (Fsp3) is 0.850. The van der Waals surface area contributed by atoms with E-state index in [9.17, 15) is 14.4 Å². The lowest BCUT2D eigenvalue weighted by atomic mass is 9.80. The Morgan fingerprint density at radius 2 is 1.81 bits per heavy atom. The van der Waals surface area contributed by atoms with E-state index in [4.69, 9.17) is 9.47 Å². The summed E-state index contributed by atoms with van der Waals surface area (Å²) in [5, 5.41) is 2.68. The summed E-state index contributed by atoms with van der Waals surface area (Å²) in [6, 6.07) is -0.477. The molecule has 1 amide bonds. The molecule has 1 unspecified atom stereocenters. The third-order valence-corrected chi connectivity index (χ3v) is 5.22. The first-order valence-electron chi connectivity index (χ1n) is 9.90. The Bertz CT molecular complexity index is 465. The van der Waals surface area contributed by atoms with Gasteiger partial charge in [-0.3, -0.25) is 9.59 Å². The van der Waals surface area contributed by atoms with E-state index in [-0.39, 0.29) is 31.0 Å². The van der Waals surface area contributed by atoms with Gasteiger partial charge in [-0.1, -0.05) is 40.0 Å². The summed E-state index contributed by atoms with van der Waals surface area (Å²) in [5.41, 5.74) is 0. The molecule has 1 saturated carbocycles. The third-order valence-electron chi connectivity index (χ3n) is 5.22. The van der Waals surface area contributed by atoms with Gasteiger partial charge in [-0.2, -0.15) is 0 Å². The molecule has 0 heterocycles. The van der Waals surface area contributed by atoms with E-state index in [1.807, 2.05) is 0 Å². The largest absolute Gasteiger partial charge is 0.461 e. The highest BCUT2D eigenvalue weighted by molar-refractivity contribution is 5.87. The van der Waals surface area contributed by atoms with E-state index in [1.165, 1.54) is 6.92 Å². The SMILES string of the molecule is CCCCCC(NC(=O)COCC(=O)O[C@@H]1CC[C@@H](C)[C@H](C)C1)C(C)=O. The maximum Gasteiger partial charge on any atom is 0.332 e. The molecule has 26 heavy (non-hydrogen) atoms. The molecular formula is C20H35NO5. The number of hydrogen-bond donors (Lipinski definition) is 1. The summed E-state index contributed by atoms with van der Waals surface area (Å²) >= 11 is 0. The Morgan fingerprint density at radius 3 is 2.42 bits per heavy atom. The minimum Gasteiger partial charge on any atom is -0.461 e. The van der Waals surface area contributed by atoms with Crippen molar-refractivity contribution in [2.75, 3.05) is 13.2 Å². The minimum atomic E-state index is -0.477. The lowest BCUT2D eigenvalue weighted by Crippen LogP contribution is -2.41. The predicted octanol–water partition coefficient (Wildman–Crippen LogP) is 3.03. The average Bonchev–Trinajstić information content (AvgIpc) is 2.57. The number of hydrogen-bond acceptors (Lipinski definition) is 5. The molecule has 0 saturated heterocycles. The molecule has 0 aromatic rings. The number of esters is 1. The van der Waals surface area contributed by atoms with E-state index >= 15 is 0 Å². The zero-order valence-corrected chi connectivity index (χ0v) is 16.7. The Morgan fingerprint density at radius 1 is 1.08 bits per heavy atom. The molecule has 1 aliphatic rings. The van der Waals surface area contributed by atoms with Crippen LogP contribution in [0.2, 0.25) is 0 Å². The van der Waals surface area contributed by atoms with E-state index in [0.717, 1.165) is 38.5 Å². The van der Waals surface area contributed by atoms with Gasteiger partial charge in [0.2, 0.25) is 5.91 Å². The zero-order chi connectivity index (χ0) is 19.5. The number of rotatable bonds is 11. The molecule has 0 aliphatic heterocycles. The van der Waals surface area contributed by atoms with Crippen molar-refractivity contribution in [3.63, 3.8) is 0 Å².